The van der Waals surface area contributed by atoms with Crippen molar-refractivity contribution in [3.05, 3.63) is 95.0 Å². The van der Waals surface area contributed by atoms with Crippen molar-refractivity contribution in [3.63, 3.8) is 0 Å². The lowest BCUT2D eigenvalue weighted by atomic mass is 9.78. The van der Waals surface area contributed by atoms with Crippen LogP contribution in [0.15, 0.2) is 78.9 Å². The van der Waals surface area contributed by atoms with Crippen molar-refractivity contribution in [1.29, 1.82) is 0 Å². The average Bonchev–Trinajstić information content (AvgIpc) is 3.62. The zero-order valence-corrected chi connectivity index (χ0v) is 19.1. The van der Waals surface area contributed by atoms with Crippen molar-refractivity contribution in [2.75, 3.05) is 6.61 Å². The van der Waals surface area contributed by atoms with Gasteiger partial charge in [0, 0.05) is 16.9 Å². The van der Waals surface area contributed by atoms with E-state index in [2.05, 4.69) is 0 Å². The highest BCUT2D eigenvalue weighted by atomic mass is 35.5. The molecule has 0 aromatic heterocycles. The number of carbonyl (C=O) groups is 1. The molecule has 6 heteroatoms. The molecular weight excluding hydrogens is 443 g/mol. The molecule has 0 heterocycles. The molecule has 4 rings (SSSR count). The predicted molar refractivity (Wildman–Crippen MR) is 126 cm³/mol. The predicted octanol–water partition coefficient (Wildman–Crippen LogP) is 6.04. The summed E-state index contributed by atoms with van der Waals surface area (Å²) in [5.41, 5.74) is -2.21. The summed E-state index contributed by atoms with van der Waals surface area (Å²) >= 11 is 6.00. The van der Waals surface area contributed by atoms with Gasteiger partial charge in [-0.15, -0.1) is 0 Å². The molecule has 0 aliphatic heterocycles. The molecule has 2 atom stereocenters. The third-order valence-electron chi connectivity index (χ3n) is 6.12. The fourth-order valence-corrected chi connectivity index (χ4v) is 4.37. The third kappa shape index (κ3) is 4.90. The minimum atomic E-state index is -2.63. The van der Waals surface area contributed by atoms with Gasteiger partial charge in [-0.25, -0.2) is 9.18 Å². The van der Waals surface area contributed by atoms with Crippen molar-refractivity contribution in [1.82, 2.24) is 0 Å². The van der Waals surface area contributed by atoms with Gasteiger partial charge in [-0.2, -0.15) is 0 Å². The second-order valence-electron chi connectivity index (χ2n) is 8.39. The zero-order chi connectivity index (χ0) is 23.5. The first-order chi connectivity index (χ1) is 15.9. The normalized spacial score (nSPS) is 17.0. The number of para-hydroxylation sites is 1. The molecule has 0 saturated heterocycles. The van der Waals surface area contributed by atoms with Crippen LogP contribution in [0.25, 0.3) is 0 Å². The van der Waals surface area contributed by atoms with E-state index in [0.717, 1.165) is 5.56 Å². The molecule has 0 bridgehead atoms. The summed E-state index contributed by atoms with van der Waals surface area (Å²) in [5.74, 6) is 0.0941. The summed E-state index contributed by atoms with van der Waals surface area (Å²) in [6.45, 7) is 1.63. The minimum absolute atomic E-state index is 0.0162. The van der Waals surface area contributed by atoms with E-state index in [1.165, 1.54) is 0 Å². The van der Waals surface area contributed by atoms with Crippen LogP contribution in [0, 0.1) is 0 Å². The highest BCUT2D eigenvalue weighted by molar-refractivity contribution is 6.30. The van der Waals surface area contributed by atoms with Gasteiger partial charge in [-0.05, 0) is 67.3 Å². The number of hydrogen-bond acceptors (Lipinski definition) is 4. The number of benzene rings is 3. The zero-order valence-electron chi connectivity index (χ0n) is 18.3. The van der Waals surface area contributed by atoms with Gasteiger partial charge in [0.25, 0.3) is 0 Å². The lowest BCUT2D eigenvalue weighted by Gasteiger charge is -2.34. The van der Waals surface area contributed by atoms with E-state index in [0.29, 0.717) is 34.9 Å². The summed E-state index contributed by atoms with van der Waals surface area (Å²) in [5, 5.41) is 11.9. The van der Waals surface area contributed by atoms with E-state index in [1.807, 2.05) is 30.3 Å². The monoisotopic (exact) mass is 468 g/mol. The molecule has 0 radical (unpaired) electrons. The minimum Gasteiger partial charge on any atom is -0.464 e. The molecule has 0 spiro atoms. The van der Waals surface area contributed by atoms with Crippen molar-refractivity contribution < 1.29 is 23.8 Å². The summed E-state index contributed by atoms with van der Waals surface area (Å²) in [6, 6.07) is 23.1. The van der Waals surface area contributed by atoms with Crippen molar-refractivity contribution in [2.45, 2.75) is 43.4 Å². The van der Waals surface area contributed by atoms with E-state index in [9.17, 15) is 9.90 Å². The smallest absolute Gasteiger partial charge is 0.347 e. The molecule has 3 aromatic rings. The van der Waals surface area contributed by atoms with Gasteiger partial charge in [0.1, 0.15) is 17.6 Å². The fraction of sp³-hybridized carbons (Fsp3) is 0.296. The first kappa shape index (κ1) is 23.3. The molecule has 33 heavy (non-hydrogen) atoms. The number of ether oxygens (including phenoxy) is 2. The molecule has 1 N–H and O–H groups in total. The molecule has 1 aliphatic rings. The Balaban J connectivity index is 1.63. The van der Waals surface area contributed by atoms with Crippen LogP contribution in [-0.4, -0.2) is 29.5 Å². The number of esters is 1. The van der Waals surface area contributed by atoms with Crippen LogP contribution in [0.3, 0.4) is 0 Å². The fourth-order valence-electron chi connectivity index (χ4n) is 4.25. The van der Waals surface area contributed by atoms with Crippen LogP contribution in [0.1, 0.15) is 30.9 Å². The van der Waals surface area contributed by atoms with E-state index in [1.54, 1.807) is 55.5 Å². The van der Waals surface area contributed by atoms with E-state index >= 15 is 4.39 Å². The van der Waals surface area contributed by atoms with Crippen molar-refractivity contribution in [2.24, 2.45) is 0 Å². The third-order valence-corrected chi connectivity index (χ3v) is 6.37. The second kappa shape index (κ2) is 9.54. The van der Waals surface area contributed by atoms with Crippen molar-refractivity contribution >= 4 is 17.6 Å². The van der Waals surface area contributed by atoms with E-state index in [-0.39, 0.29) is 13.0 Å². The highest BCUT2D eigenvalue weighted by Gasteiger charge is 2.62. The van der Waals surface area contributed by atoms with Gasteiger partial charge in [0.05, 0.1) is 6.61 Å². The average molecular weight is 469 g/mol. The molecule has 4 nitrogen and oxygen atoms in total. The molecular formula is C27H26ClFO4. The summed E-state index contributed by atoms with van der Waals surface area (Å²) in [4.78, 5) is 12.8. The molecule has 0 amide bonds. The van der Waals surface area contributed by atoms with E-state index in [4.69, 9.17) is 21.1 Å². The van der Waals surface area contributed by atoms with Crippen LogP contribution in [-0.2, 0) is 21.4 Å². The second-order valence-corrected chi connectivity index (χ2v) is 8.82. The van der Waals surface area contributed by atoms with Crippen LogP contribution in [0.2, 0.25) is 5.02 Å². The molecule has 1 fully saturated rings. The Morgan fingerprint density at radius 3 is 2.36 bits per heavy atom. The van der Waals surface area contributed by atoms with Crippen LogP contribution in [0.5, 0.6) is 11.5 Å². The van der Waals surface area contributed by atoms with Crippen LogP contribution >= 0.6 is 11.6 Å². The first-order valence-corrected chi connectivity index (χ1v) is 11.4. The van der Waals surface area contributed by atoms with Crippen molar-refractivity contribution in [3.8, 4) is 11.5 Å². The van der Waals surface area contributed by atoms with Gasteiger partial charge >= 0.3 is 5.97 Å². The molecule has 172 valence electrons. The van der Waals surface area contributed by atoms with Gasteiger partial charge in [0.2, 0.25) is 5.67 Å². The Hall–Kier alpha value is -2.89. The number of hydrogen-bond donors (Lipinski definition) is 1. The lowest BCUT2D eigenvalue weighted by Crippen LogP contribution is -2.53. The largest absolute Gasteiger partial charge is 0.464 e. The van der Waals surface area contributed by atoms with Crippen LogP contribution < -0.4 is 4.74 Å². The lowest BCUT2D eigenvalue weighted by molar-refractivity contribution is -0.168. The topological polar surface area (TPSA) is 55.8 Å². The molecule has 3 aromatic carbocycles. The van der Waals surface area contributed by atoms with Gasteiger partial charge in [-0.3, -0.25) is 0 Å². The Morgan fingerprint density at radius 2 is 1.73 bits per heavy atom. The van der Waals surface area contributed by atoms with Crippen LogP contribution in [0.4, 0.5) is 4.39 Å². The maximum atomic E-state index is 16.5. The molecule has 2 unspecified atom stereocenters. The number of aliphatic hydroxyl groups is 1. The van der Waals surface area contributed by atoms with Gasteiger partial charge < -0.3 is 14.6 Å². The summed E-state index contributed by atoms with van der Waals surface area (Å²) in [6.07, 6.45) is -0.784. The first-order valence-electron chi connectivity index (χ1n) is 11.0. The maximum Gasteiger partial charge on any atom is 0.347 e. The number of carbonyl (C=O) groups excluding carboxylic acids is 1. The SMILES string of the molecule is CCOC(=O)C(F)(Cc1cccc(Oc2ccccc2)c1)C(O)C1(c2ccc(Cl)cc2)CC1. The molecule has 1 saturated carbocycles. The number of halogens is 2. The van der Waals surface area contributed by atoms with Gasteiger partial charge in [0.15, 0.2) is 0 Å². The number of aliphatic hydroxyl groups excluding tert-OH is 1. The highest BCUT2D eigenvalue weighted by Crippen LogP contribution is 2.55. The molecule has 1 aliphatic carbocycles. The quantitative estimate of drug-likeness (QED) is 0.389. The summed E-state index contributed by atoms with van der Waals surface area (Å²) in [7, 11) is 0. The Morgan fingerprint density at radius 1 is 1.06 bits per heavy atom. The standard InChI is InChI=1S/C27H26ClFO4/c1-2-32-25(31)27(29,24(30)26(15-16-26)20-11-13-21(28)14-12-20)18-19-7-6-10-23(17-19)33-22-8-4-3-5-9-22/h3-14,17,24,30H,2,15-16,18H2,1H3. The Bertz CT molecular complexity index is 1100. The van der Waals surface area contributed by atoms with Gasteiger partial charge in [-0.1, -0.05) is 54.1 Å². The Labute approximate surface area is 197 Å². The summed E-state index contributed by atoms with van der Waals surface area (Å²) < 4.78 is 27.4. The number of alkyl halides is 1. The maximum absolute atomic E-state index is 16.5. The Kier molecular flexibility index (Phi) is 6.73. The van der Waals surface area contributed by atoms with E-state index < -0.39 is 23.2 Å². The number of rotatable bonds is 9.